The summed E-state index contributed by atoms with van der Waals surface area (Å²) in [6.45, 7) is 5.16. The minimum atomic E-state index is -3.07. The zero-order valence-electron chi connectivity index (χ0n) is 20.3. The Morgan fingerprint density at radius 3 is 2.54 bits per heavy atom. The van der Waals surface area contributed by atoms with Crippen LogP contribution in [0.1, 0.15) is 37.7 Å². The fourth-order valence-corrected chi connectivity index (χ4v) is 10.0. The van der Waals surface area contributed by atoms with Gasteiger partial charge in [-0.1, -0.05) is 23.5 Å². The number of carbonyl (C=O) groups is 1. The summed E-state index contributed by atoms with van der Waals surface area (Å²) >= 11 is 1.21. The summed E-state index contributed by atoms with van der Waals surface area (Å²) in [5, 5.41) is 8.14. The van der Waals surface area contributed by atoms with Gasteiger partial charge in [0.15, 0.2) is 6.34 Å². The van der Waals surface area contributed by atoms with Crippen LogP contribution in [-0.2, 0) is 20.5 Å². The topological polar surface area (TPSA) is 88.1 Å². The molecule has 2 aromatic rings. The average Bonchev–Trinajstić information content (AvgIpc) is 2.90. The van der Waals surface area contributed by atoms with Crippen LogP contribution in [0.4, 0.5) is 5.69 Å². The summed E-state index contributed by atoms with van der Waals surface area (Å²) < 4.78 is 25.1. The van der Waals surface area contributed by atoms with E-state index in [1.807, 2.05) is 24.3 Å². The first-order chi connectivity index (χ1) is 16.9. The van der Waals surface area contributed by atoms with Gasteiger partial charge in [-0.25, -0.2) is 5.48 Å². The Kier molecular flexibility index (Phi) is 8.82. The minimum absolute atomic E-state index is 0.320. The molecule has 2 fully saturated rings. The number of anilines is 1. The van der Waals surface area contributed by atoms with E-state index in [-0.39, 0.29) is 0 Å². The predicted octanol–water partition coefficient (Wildman–Crippen LogP) is 5.35. The predicted molar refractivity (Wildman–Crippen MR) is 140 cm³/mol. The van der Waals surface area contributed by atoms with Gasteiger partial charge >= 0.3 is 0 Å². The van der Waals surface area contributed by atoms with E-state index < -0.39 is 17.4 Å². The summed E-state index contributed by atoms with van der Waals surface area (Å²) in [6, 6.07) is 16.2. The Hall–Kier alpha value is -1.99. The molecule has 1 atom stereocenters. The van der Waals surface area contributed by atoms with E-state index in [0.29, 0.717) is 32.7 Å². The van der Waals surface area contributed by atoms with E-state index in [4.69, 9.17) is 9.47 Å². The fourth-order valence-electron chi connectivity index (χ4n) is 4.86. The molecule has 0 bridgehead atoms. The van der Waals surface area contributed by atoms with E-state index in [1.165, 1.54) is 41.9 Å². The maximum absolute atomic E-state index is 13.7. The third-order valence-electron chi connectivity index (χ3n) is 7.02. The molecule has 2 N–H and O–H groups in total. The monoisotopic (exact) mass is 518 g/mol. The van der Waals surface area contributed by atoms with Crippen molar-refractivity contribution in [2.75, 3.05) is 44.5 Å². The van der Waals surface area contributed by atoms with Crippen molar-refractivity contribution in [3.8, 4) is 5.75 Å². The van der Waals surface area contributed by atoms with E-state index in [0.717, 1.165) is 30.2 Å². The summed E-state index contributed by atoms with van der Waals surface area (Å²) in [4.78, 5) is 15.8. The van der Waals surface area contributed by atoms with E-state index in [9.17, 15) is 14.6 Å². The summed E-state index contributed by atoms with van der Waals surface area (Å²) in [6.07, 6.45) is 2.25. The zero-order valence-corrected chi connectivity index (χ0v) is 22.0. The number of benzene rings is 2. The lowest BCUT2D eigenvalue weighted by Crippen LogP contribution is -2.48. The number of nitrogens with zero attached hydrogens (tertiary/aromatic N) is 1. The van der Waals surface area contributed by atoms with Crippen molar-refractivity contribution in [3.05, 3.63) is 54.1 Å². The summed E-state index contributed by atoms with van der Waals surface area (Å²) in [5.74, 6) is 0.157. The molecular formula is C26H35N2O5PS. The van der Waals surface area contributed by atoms with Crippen LogP contribution in [0, 0.1) is 0 Å². The number of nitrogens with one attached hydrogen (secondary N) is 1. The van der Waals surface area contributed by atoms with Crippen LogP contribution in [0.15, 0.2) is 53.4 Å². The SMILES string of the molecule is CP(=O)(Sc1ccc(OCCc2cccc(N3CCCCC3)c2)cc1)C1(C(=O)NO)CCOCC1. The van der Waals surface area contributed by atoms with Gasteiger partial charge in [0.05, 0.1) is 6.61 Å². The average molecular weight is 519 g/mol. The van der Waals surface area contributed by atoms with Crippen LogP contribution in [0.3, 0.4) is 0 Å². The van der Waals surface area contributed by atoms with Gasteiger partial charge < -0.3 is 18.9 Å². The highest BCUT2D eigenvalue weighted by Crippen LogP contribution is 2.70. The Morgan fingerprint density at radius 1 is 1.14 bits per heavy atom. The molecule has 7 nitrogen and oxygen atoms in total. The van der Waals surface area contributed by atoms with Gasteiger partial charge in [0.2, 0.25) is 0 Å². The molecular weight excluding hydrogens is 483 g/mol. The van der Waals surface area contributed by atoms with Gasteiger partial charge in [0, 0.05) is 43.3 Å². The van der Waals surface area contributed by atoms with E-state index in [2.05, 4.69) is 29.2 Å². The second kappa shape index (κ2) is 11.8. The molecule has 4 rings (SSSR count). The standard InChI is InChI=1S/C26H35N2O5PS/c1-34(31,26(25(29)27-30)13-18-32-19-14-26)35-24-10-8-23(9-11-24)33-17-12-21-6-5-7-22(20-21)28-15-3-2-4-16-28/h5-11,20,30H,2-4,12-19H2,1H3,(H,27,29). The maximum Gasteiger partial charge on any atom is 0.257 e. The highest BCUT2D eigenvalue weighted by molar-refractivity contribution is 8.58. The number of carbonyl (C=O) groups excluding carboxylic acids is 1. The van der Waals surface area contributed by atoms with Crippen molar-refractivity contribution in [2.45, 2.75) is 48.6 Å². The lowest BCUT2D eigenvalue weighted by molar-refractivity contribution is -0.134. The Labute approximate surface area is 211 Å². The van der Waals surface area contributed by atoms with Gasteiger partial charge in [-0.15, -0.1) is 0 Å². The van der Waals surface area contributed by atoms with Crippen molar-refractivity contribution in [1.29, 1.82) is 0 Å². The molecule has 0 radical (unpaired) electrons. The quantitative estimate of drug-likeness (QED) is 0.263. The molecule has 190 valence electrons. The summed E-state index contributed by atoms with van der Waals surface area (Å²) in [5.41, 5.74) is 4.29. The normalized spacial score (nSPS) is 19.5. The number of hydroxylamine groups is 1. The molecule has 2 aromatic carbocycles. The van der Waals surface area contributed by atoms with Gasteiger partial charge in [0.25, 0.3) is 5.91 Å². The molecule has 0 aromatic heterocycles. The molecule has 1 amide bonds. The number of hydrogen-bond acceptors (Lipinski definition) is 7. The Balaban J connectivity index is 1.33. The lowest BCUT2D eigenvalue weighted by atomic mass is 9.98. The molecule has 2 aliphatic rings. The first-order valence-corrected chi connectivity index (χ1v) is 15.9. The highest BCUT2D eigenvalue weighted by Gasteiger charge is 2.52. The maximum atomic E-state index is 13.7. The van der Waals surface area contributed by atoms with Crippen LogP contribution in [0.25, 0.3) is 0 Å². The van der Waals surface area contributed by atoms with Gasteiger partial charge in [0.1, 0.15) is 10.9 Å². The molecule has 2 aliphatic heterocycles. The molecule has 1 unspecified atom stereocenters. The van der Waals surface area contributed by atoms with E-state index in [1.54, 1.807) is 12.1 Å². The van der Waals surface area contributed by atoms with E-state index >= 15 is 0 Å². The van der Waals surface area contributed by atoms with Crippen LogP contribution in [0.5, 0.6) is 5.75 Å². The third kappa shape index (κ3) is 6.23. The number of piperidine rings is 1. The number of amides is 1. The minimum Gasteiger partial charge on any atom is -0.493 e. The van der Waals surface area contributed by atoms with Gasteiger partial charge in [-0.05, 0) is 80.7 Å². The second-order valence-electron chi connectivity index (χ2n) is 9.31. The lowest BCUT2D eigenvalue weighted by Gasteiger charge is -2.39. The van der Waals surface area contributed by atoms with Crippen LogP contribution >= 0.6 is 17.7 Å². The highest BCUT2D eigenvalue weighted by atomic mass is 32.7. The molecule has 2 saturated heterocycles. The van der Waals surface area contributed by atoms with Gasteiger partial charge in [-0.3, -0.25) is 10.0 Å². The fraction of sp³-hybridized carbons (Fsp3) is 0.500. The second-order valence-corrected chi connectivity index (χ2v) is 15.1. The molecule has 0 saturated carbocycles. The first kappa shape index (κ1) is 26.1. The third-order valence-corrected chi connectivity index (χ3v) is 12.8. The van der Waals surface area contributed by atoms with Crippen LogP contribution < -0.4 is 15.1 Å². The van der Waals surface area contributed by atoms with Crippen molar-refractivity contribution in [1.82, 2.24) is 5.48 Å². The Bertz CT molecular complexity index is 1040. The van der Waals surface area contributed by atoms with Crippen LogP contribution in [-0.4, -0.2) is 55.8 Å². The number of rotatable bonds is 9. The number of ether oxygens (including phenoxy) is 2. The smallest absolute Gasteiger partial charge is 0.257 e. The Morgan fingerprint density at radius 2 is 1.86 bits per heavy atom. The molecule has 9 heteroatoms. The van der Waals surface area contributed by atoms with Crippen molar-refractivity contribution >= 4 is 29.3 Å². The zero-order chi connectivity index (χ0) is 24.7. The van der Waals surface area contributed by atoms with Crippen molar-refractivity contribution in [3.63, 3.8) is 0 Å². The molecule has 2 heterocycles. The molecule has 0 spiro atoms. The largest absolute Gasteiger partial charge is 0.493 e. The molecule has 0 aliphatic carbocycles. The summed E-state index contributed by atoms with van der Waals surface area (Å²) in [7, 11) is 0. The molecule has 35 heavy (non-hydrogen) atoms. The van der Waals surface area contributed by atoms with Crippen molar-refractivity contribution in [2.24, 2.45) is 0 Å². The van der Waals surface area contributed by atoms with Crippen LogP contribution in [0.2, 0.25) is 0 Å². The van der Waals surface area contributed by atoms with Gasteiger partial charge in [-0.2, -0.15) is 0 Å². The number of hydrogen-bond donors (Lipinski definition) is 2. The van der Waals surface area contributed by atoms with Crippen molar-refractivity contribution < 1.29 is 24.0 Å². The first-order valence-electron chi connectivity index (χ1n) is 12.3.